The van der Waals surface area contributed by atoms with Gasteiger partial charge in [-0.2, -0.15) is 0 Å². The van der Waals surface area contributed by atoms with Gasteiger partial charge in [-0.3, -0.25) is 14.6 Å². The third-order valence-electron chi connectivity index (χ3n) is 5.91. The number of hydrogen-bond acceptors (Lipinski definition) is 4. The van der Waals surface area contributed by atoms with Gasteiger partial charge >= 0.3 is 0 Å². The van der Waals surface area contributed by atoms with E-state index in [-0.39, 0.29) is 12.1 Å². The monoisotopic (exact) mass is 455 g/mol. The number of nitrogens with one attached hydrogen (secondary N) is 1. The summed E-state index contributed by atoms with van der Waals surface area (Å²) in [6.07, 6.45) is 0. The molecule has 2 unspecified atom stereocenters. The number of carbonyl (C=O) groups is 1. The van der Waals surface area contributed by atoms with Crippen molar-refractivity contribution >= 4 is 17.2 Å². The van der Waals surface area contributed by atoms with Crippen LogP contribution in [0.25, 0.3) is 0 Å². The molecular weight excluding hydrogens is 428 g/mol. The molecule has 0 radical (unpaired) electrons. The Morgan fingerprint density at radius 1 is 0.969 bits per heavy atom. The number of rotatable bonds is 7. The maximum atomic E-state index is 14.1. The number of thiophene rings is 1. The first-order chi connectivity index (χ1) is 15.5. The lowest BCUT2D eigenvalue weighted by molar-refractivity contribution is 0.0711. The van der Waals surface area contributed by atoms with Crippen molar-refractivity contribution in [3.8, 4) is 0 Å². The van der Waals surface area contributed by atoms with Crippen LogP contribution in [0.5, 0.6) is 0 Å². The van der Waals surface area contributed by atoms with Gasteiger partial charge in [-0.15, -0.1) is 11.3 Å². The zero-order valence-corrected chi connectivity index (χ0v) is 18.8. The Hall–Kier alpha value is -2.61. The van der Waals surface area contributed by atoms with Gasteiger partial charge in [-0.1, -0.05) is 42.5 Å². The van der Waals surface area contributed by atoms with E-state index in [1.54, 1.807) is 11.3 Å². The molecular formula is C25H27F2N3OS. The number of carbonyl (C=O) groups excluding carboxylic acids is 1. The normalized spacial score (nSPS) is 17.1. The van der Waals surface area contributed by atoms with Crippen molar-refractivity contribution in [2.24, 2.45) is 0 Å². The number of nitrogens with zero attached hydrogens (tertiary/aromatic N) is 2. The van der Waals surface area contributed by atoms with Gasteiger partial charge < -0.3 is 5.32 Å². The quantitative estimate of drug-likeness (QED) is 0.561. The van der Waals surface area contributed by atoms with Crippen LogP contribution in [-0.2, 0) is 6.54 Å². The summed E-state index contributed by atoms with van der Waals surface area (Å²) in [5, 5.41) is 4.86. The molecule has 0 aliphatic carbocycles. The standard InChI is InChI=1S/C25H27F2N3OS/c1-18(28-25(31)23-20(26)9-5-10-21(23)27)24(22-11-6-16-32-22)30-14-12-29(13-15-30)17-19-7-3-2-4-8-19/h2-11,16,18,24H,12-15,17H2,1H3,(H,28,31). The summed E-state index contributed by atoms with van der Waals surface area (Å²) < 4.78 is 28.2. The van der Waals surface area contributed by atoms with Crippen LogP contribution in [0.3, 0.4) is 0 Å². The highest BCUT2D eigenvalue weighted by Crippen LogP contribution is 2.30. The molecule has 1 amide bonds. The topological polar surface area (TPSA) is 35.6 Å². The molecule has 0 bridgehead atoms. The summed E-state index contributed by atoms with van der Waals surface area (Å²) >= 11 is 1.63. The lowest BCUT2D eigenvalue weighted by Gasteiger charge is -2.41. The van der Waals surface area contributed by atoms with Crippen LogP contribution >= 0.6 is 11.3 Å². The Labute approximate surface area is 191 Å². The minimum atomic E-state index is -0.850. The van der Waals surface area contributed by atoms with Crippen molar-refractivity contribution in [3.63, 3.8) is 0 Å². The van der Waals surface area contributed by atoms with E-state index in [2.05, 4.69) is 45.4 Å². The third-order valence-corrected chi connectivity index (χ3v) is 6.85. The fourth-order valence-corrected chi connectivity index (χ4v) is 5.28. The molecule has 168 valence electrons. The molecule has 1 fully saturated rings. The SMILES string of the molecule is CC(NC(=O)c1c(F)cccc1F)C(c1cccs1)N1CCN(Cc2ccccc2)CC1. The Morgan fingerprint density at radius 2 is 1.66 bits per heavy atom. The van der Waals surface area contributed by atoms with Crippen molar-refractivity contribution in [1.82, 2.24) is 15.1 Å². The van der Waals surface area contributed by atoms with Gasteiger partial charge in [0.1, 0.15) is 17.2 Å². The highest BCUT2D eigenvalue weighted by molar-refractivity contribution is 7.10. The van der Waals surface area contributed by atoms with Gasteiger partial charge in [0.25, 0.3) is 5.91 Å². The average Bonchev–Trinajstić information content (AvgIpc) is 3.30. The summed E-state index contributed by atoms with van der Waals surface area (Å²) in [5.74, 6) is -2.42. The van der Waals surface area contributed by atoms with Crippen LogP contribution in [0.4, 0.5) is 8.78 Å². The first-order valence-corrected chi connectivity index (χ1v) is 11.7. The van der Waals surface area contributed by atoms with E-state index < -0.39 is 23.1 Å². The Balaban J connectivity index is 1.44. The minimum Gasteiger partial charge on any atom is -0.347 e. The van der Waals surface area contributed by atoms with E-state index in [0.29, 0.717) is 0 Å². The van der Waals surface area contributed by atoms with Crippen molar-refractivity contribution in [2.45, 2.75) is 25.6 Å². The number of hydrogen-bond donors (Lipinski definition) is 1. The van der Waals surface area contributed by atoms with Crippen LogP contribution in [-0.4, -0.2) is 47.9 Å². The first kappa shape index (κ1) is 22.6. The van der Waals surface area contributed by atoms with Crippen molar-refractivity contribution < 1.29 is 13.6 Å². The van der Waals surface area contributed by atoms with Crippen molar-refractivity contribution in [2.75, 3.05) is 26.2 Å². The van der Waals surface area contributed by atoms with E-state index >= 15 is 0 Å². The number of amides is 1. The number of piperazine rings is 1. The zero-order chi connectivity index (χ0) is 22.5. The second-order valence-electron chi connectivity index (χ2n) is 8.12. The van der Waals surface area contributed by atoms with Gasteiger partial charge in [-0.05, 0) is 36.1 Å². The number of halogens is 2. The molecule has 1 aliphatic rings. The van der Waals surface area contributed by atoms with Crippen molar-refractivity contribution in [3.05, 3.63) is 93.7 Å². The molecule has 4 rings (SSSR count). The molecule has 2 heterocycles. The van der Waals surface area contributed by atoms with E-state index in [9.17, 15) is 13.6 Å². The van der Waals surface area contributed by atoms with Crippen LogP contribution in [0.15, 0.2) is 66.0 Å². The van der Waals surface area contributed by atoms with Crippen LogP contribution in [0.1, 0.15) is 33.8 Å². The lowest BCUT2D eigenvalue weighted by Crippen LogP contribution is -2.52. The largest absolute Gasteiger partial charge is 0.347 e. The Morgan fingerprint density at radius 3 is 2.28 bits per heavy atom. The highest BCUT2D eigenvalue weighted by atomic mass is 32.1. The van der Waals surface area contributed by atoms with Crippen LogP contribution in [0.2, 0.25) is 0 Å². The summed E-state index contributed by atoms with van der Waals surface area (Å²) in [6.45, 7) is 6.35. The van der Waals surface area contributed by atoms with Gasteiger partial charge in [-0.25, -0.2) is 8.78 Å². The van der Waals surface area contributed by atoms with E-state index in [1.165, 1.54) is 11.6 Å². The van der Waals surface area contributed by atoms with Gasteiger partial charge in [0.05, 0.1) is 6.04 Å². The van der Waals surface area contributed by atoms with E-state index in [4.69, 9.17) is 0 Å². The zero-order valence-electron chi connectivity index (χ0n) is 18.0. The fourth-order valence-electron chi connectivity index (χ4n) is 4.32. The van der Waals surface area contributed by atoms with Crippen LogP contribution in [0, 0.1) is 11.6 Å². The maximum Gasteiger partial charge on any atom is 0.257 e. The predicted molar refractivity (Wildman–Crippen MR) is 124 cm³/mol. The molecule has 0 saturated carbocycles. The molecule has 0 spiro atoms. The second kappa shape index (κ2) is 10.3. The van der Waals surface area contributed by atoms with Gasteiger partial charge in [0, 0.05) is 43.6 Å². The molecule has 1 N–H and O–H groups in total. The average molecular weight is 456 g/mol. The van der Waals surface area contributed by atoms with Crippen LogP contribution < -0.4 is 5.32 Å². The molecule has 4 nitrogen and oxygen atoms in total. The fraction of sp³-hybridized carbons (Fsp3) is 0.320. The lowest BCUT2D eigenvalue weighted by atomic mass is 10.0. The third kappa shape index (κ3) is 5.23. The summed E-state index contributed by atoms with van der Waals surface area (Å²) in [4.78, 5) is 18.6. The predicted octanol–water partition coefficient (Wildman–Crippen LogP) is 4.70. The Bertz CT molecular complexity index is 1000. The summed E-state index contributed by atoms with van der Waals surface area (Å²) in [7, 11) is 0. The van der Waals surface area contributed by atoms with Gasteiger partial charge in [0.15, 0.2) is 0 Å². The summed E-state index contributed by atoms with van der Waals surface area (Å²) in [6, 6.07) is 17.5. The number of benzene rings is 2. The molecule has 1 aliphatic heterocycles. The highest BCUT2D eigenvalue weighted by Gasteiger charge is 2.31. The minimum absolute atomic E-state index is 0.0624. The second-order valence-corrected chi connectivity index (χ2v) is 9.10. The molecule has 1 saturated heterocycles. The Kier molecular flexibility index (Phi) is 7.29. The molecule has 2 aromatic carbocycles. The molecule has 2 atom stereocenters. The molecule has 32 heavy (non-hydrogen) atoms. The molecule has 7 heteroatoms. The summed E-state index contributed by atoms with van der Waals surface area (Å²) in [5.41, 5.74) is 0.764. The van der Waals surface area contributed by atoms with Crippen molar-refractivity contribution in [1.29, 1.82) is 0 Å². The van der Waals surface area contributed by atoms with E-state index in [1.807, 2.05) is 24.4 Å². The van der Waals surface area contributed by atoms with Gasteiger partial charge in [0.2, 0.25) is 0 Å². The maximum absolute atomic E-state index is 14.1. The van der Waals surface area contributed by atoms with E-state index in [0.717, 1.165) is 49.7 Å². The molecule has 1 aromatic heterocycles. The smallest absolute Gasteiger partial charge is 0.257 e. The first-order valence-electron chi connectivity index (χ1n) is 10.8. The molecule has 3 aromatic rings.